The normalized spacial score (nSPS) is 11.2. The number of rotatable bonds is 3. The van der Waals surface area contributed by atoms with Gasteiger partial charge in [0.2, 0.25) is 0 Å². The first-order valence-corrected chi connectivity index (χ1v) is 7.82. The van der Waals surface area contributed by atoms with Crippen molar-refractivity contribution in [1.29, 1.82) is 0 Å². The summed E-state index contributed by atoms with van der Waals surface area (Å²) in [6.45, 7) is 4.41. The van der Waals surface area contributed by atoms with Gasteiger partial charge in [-0.25, -0.2) is 9.78 Å². The predicted molar refractivity (Wildman–Crippen MR) is 93.5 cm³/mol. The van der Waals surface area contributed by atoms with Crippen molar-refractivity contribution in [3.05, 3.63) is 58.4 Å². The molecule has 24 heavy (non-hydrogen) atoms. The Morgan fingerprint density at radius 1 is 1.21 bits per heavy atom. The van der Waals surface area contributed by atoms with Crippen molar-refractivity contribution >= 4 is 22.0 Å². The van der Waals surface area contributed by atoms with Crippen LogP contribution < -0.4 is 10.4 Å². The molecule has 2 heterocycles. The Morgan fingerprint density at radius 3 is 2.92 bits per heavy atom. The van der Waals surface area contributed by atoms with E-state index in [0.29, 0.717) is 29.3 Å². The van der Waals surface area contributed by atoms with Gasteiger partial charge in [0.05, 0.1) is 17.6 Å². The van der Waals surface area contributed by atoms with Crippen LogP contribution in [0.4, 0.5) is 0 Å². The Hall–Kier alpha value is -3.08. The zero-order valence-electron chi connectivity index (χ0n) is 13.4. The molecule has 0 bridgehead atoms. The van der Waals surface area contributed by atoms with Gasteiger partial charge in [0.25, 0.3) is 0 Å². The van der Waals surface area contributed by atoms with Gasteiger partial charge < -0.3 is 14.1 Å². The van der Waals surface area contributed by atoms with Crippen LogP contribution in [0.15, 0.2) is 51.7 Å². The van der Waals surface area contributed by atoms with E-state index >= 15 is 0 Å². The molecular weight excluding hydrogens is 304 g/mol. The first kappa shape index (κ1) is 14.5. The average molecular weight is 320 g/mol. The van der Waals surface area contributed by atoms with E-state index in [-0.39, 0.29) is 0 Å². The lowest BCUT2D eigenvalue weighted by molar-refractivity contribution is 0.337. The van der Waals surface area contributed by atoms with Crippen molar-refractivity contribution in [1.82, 2.24) is 9.97 Å². The number of nitrogens with one attached hydrogen (secondary N) is 1. The monoisotopic (exact) mass is 320 g/mol. The van der Waals surface area contributed by atoms with Crippen molar-refractivity contribution in [2.75, 3.05) is 6.61 Å². The molecular formula is C19H16N2O3. The van der Waals surface area contributed by atoms with E-state index in [2.05, 4.69) is 9.97 Å². The summed E-state index contributed by atoms with van der Waals surface area (Å²) in [4.78, 5) is 20.2. The number of aromatic nitrogens is 2. The largest absolute Gasteiger partial charge is 0.490 e. The van der Waals surface area contributed by atoms with E-state index in [9.17, 15) is 4.79 Å². The van der Waals surface area contributed by atoms with E-state index in [4.69, 9.17) is 9.15 Å². The lowest BCUT2D eigenvalue weighted by Gasteiger charge is -2.06. The summed E-state index contributed by atoms with van der Waals surface area (Å²) < 4.78 is 11.0. The molecule has 0 fully saturated rings. The molecule has 0 radical (unpaired) electrons. The first-order valence-electron chi connectivity index (χ1n) is 7.82. The number of hydrogen-bond acceptors (Lipinski definition) is 4. The number of fused-ring (bicyclic) bond motifs is 2. The number of aromatic amines is 1. The van der Waals surface area contributed by atoms with Gasteiger partial charge in [-0.2, -0.15) is 0 Å². The molecule has 5 nitrogen and oxygen atoms in total. The quantitative estimate of drug-likeness (QED) is 0.578. The SMILES string of the molecule is CCOc1cccc2cc(-c3nc4ccc(C)cc4[nH]3)c(=O)oc12. The lowest BCUT2D eigenvalue weighted by Crippen LogP contribution is -2.04. The van der Waals surface area contributed by atoms with E-state index in [1.54, 1.807) is 12.1 Å². The summed E-state index contributed by atoms with van der Waals surface area (Å²) in [5.74, 6) is 1.08. The van der Waals surface area contributed by atoms with Gasteiger partial charge in [0.1, 0.15) is 11.4 Å². The van der Waals surface area contributed by atoms with Crippen molar-refractivity contribution in [2.24, 2.45) is 0 Å². The van der Waals surface area contributed by atoms with Crippen LogP contribution in [-0.2, 0) is 0 Å². The van der Waals surface area contributed by atoms with Gasteiger partial charge in [0, 0.05) is 5.39 Å². The van der Waals surface area contributed by atoms with Gasteiger partial charge in [-0.3, -0.25) is 0 Å². The smallest absolute Gasteiger partial charge is 0.347 e. The molecule has 0 saturated heterocycles. The number of nitrogens with zero attached hydrogens (tertiary/aromatic N) is 1. The molecule has 0 spiro atoms. The minimum Gasteiger partial charge on any atom is -0.490 e. The Bertz CT molecular complexity index is 1110. The summed E-state index contributed by atoms with van der Waals surface area (Å²) in [6, 6.07) is 13.3. The minimum absolute atomic E-state index is 0.407. The van der Waals surface area contributed by atoms with Crippen molar-refractivity contribution < 1.29 is 9.15 Å². The average Bonchev–Trinajstić information content (AvgIpc) is 2.98. The Kier molecular flexibility index (Phi) is 3.34. The van der Waals surface area contributed by atoms with E-state index in [1.807, 2.05) is 44.2 Å². The van der Waals surface area contributed by atoms with Crippen LogP contribution in [-0.4, -0.2) is 16.6 Å². The minimum atomic E-state index is -0.439. The fourth-order valence-corrected chi connectivity index (χ4v) is 2.80. The van der Waals surface area contributed by atoms with Crippen LogP contribution in [0, 0.1) is 6.92 Å². The van der Waals surface area contributed by atoms with Crippen molar-refractivity contribution in [3.63, 3.8) is 0 Å². The Balaban J connectivity index is 1.92. The van der Waals surface area contributed by atoms with Crippen LogP contribution in [0.2, 0.25) is 0 Å². The number of imidazole rings is 1. The third kappa shape index (κ3) is 2.34. The third-order valence-electron chi connectivity index (χ3n) is 3.92. The van der Waals surface area contributed by atoms with Gasteiger partial charge in [-0.1, -0.05) is 18.2 Å². The van der Waals surface area contributed by atoms with Crippen LogP contribution >= 0.6 is 0 Å². The topological polar surface area (TPSA) is 68.1 Å². The molecule has 120 valence electrons. The zero-order valence-corrected chi connectivity index (χ0v) is 13.4. The van der Waals surface area contributed by atoms with Gasteiger partial charge in [0.15, 0.2) is 11.3 Å². The number of ether oxygens (including phenoxy) is 1. The second-order valence-electron chi connectivity index (χ2n) is 5.66. The number of benzene rings is 2. The van der Waals surface area contributed by atoms with Gasteiger partial charge >= 0.3 is 5.63 Å². The third-order valence-corrected chi connectivity index (χ3v) is 3.92. The molecule has 0 aliphatic heterocycles. The molecule has 4 aromatic rings. The van der Waals surface area contributed by atoms with Crippen molar-refractivity contribution in [3.8, 4) is 17.1 Å². The van der Waals surface area contributed by atoms with Gasteiger partial charge in [-0.15, -0.1) is 0 Å². The molecule has 0 amide bonds. The molecule has 0 saturated carbocycles. The van der Waals surface area contributed by atoms with Crippen LogP contribution in [0.5, 0.6) is 5.75 Å². The van der Waals surface area contributed by atoms with Crippen molar-refractivity contribution in [2.45, 2.75) is 13.8 Å². The second kappa shape index (κ2) is 5.53. The first-order chi connectivity index (χ1) is 11.7. The maximum Gasteiger partial charge on any atom is 0.347 e. The van der Waals surface area contributed by atoms with E-state index in [1.165, 1.54) is 0 Å². The summed E-state index contributed by atoms with van der Waals surface area (Å²) in [7, 11) is 0. The van der Waals surface area contributed by atoms with Gasteiger partial charge in [-0.05, 0) is 43.7 Å². The number of hydrogen-bond donors (Lipinski definition) is 1. The molecule has 5 heteroatoms. The number of para-hydroxylation sites is 1. The highest BCUT2D eigenvalue weighted by Crippen LogP contribution is 2.27. The number of H-pyrrole nitrogens is 1. The number of aryl methyl sites for hydroxylation is 1. The molecule has 2 aromatic heterocycles. The zero-order chi connectivity index (χ0) is 16.7. The standard InChI is InChI=1S/C19H16N2O3/c1-3-23-16-6-4-5-12-10-13(19(22)24-17(12)16)18-20-14-8-7-11(2)9-15(14)21-18/h4-10H,3H2,1-2H3,(H,20,21). The highest BCUT2D eigenvalue weighted by molar-refractivity contribution is 5.86. The second-order valence-corrected chi connectivity index (χ2v) is 5.66. The molecule has 0 aliphatic rings. The summed E-state index contributed by atoms with van der Waals surface area (Å²) in [5.41, 5.74) is 3.27. The fourth-order valence-electron chi connectivity index (χ4n) is 2.80. The lowest BCUT2D eigenvalue weighted by atomic mass is 10.1. The van der Waals surface area contributed by atoms with E-state index in [0.717, 1.165) is 22.0 Å². The highest BCUT2D eigenvalue weighted by Gasteiger charge is 2.14. The van der Waals surface area contributed by atoms with Crippen LogP contribution in [0.3, 0.4) is 0 Å². The molecule has 2 aromatic carbocycles. The Labute approximate surface area is 137 Å². The molecule has 0 atom stereocenters. The maximum absolute atomic E-state index is 12.5. The molecule has 0 aliphatic carbocycles. The highest BCUT2D eigenvalue weighted by atomic mass is 16.5. The summed E-state index contributed by atoms with van der Waals surface area (Å²) >= 11 is 0. The fraction of sp³-hybridized carbons (Fsp3) is 0.158. The summed E-state index contributed by atoms with van der Waals surface area (Å²) in [6.07, 6.45) is 0. The summed E-state index contributed by atoms with van der Waals surface area (Å²) in [5, 5.41) is 0.798. The predicted octanol–water partition coefficient (Wildman–Crippen LogP) is 4.04. The van der Waals surface area contributed by atoms with Crippen LogP contribution in [0.25, 0.3) is 33.4 Å². The van der Waals surface area contributed by atoms with Crippen LogP contribution in [0.1, 0.15) is 12.5 Å². The molecule has 4 rings (SSSR count). The maximum atomic E-state index is 12.5. The Morgan fingerprint density at radius 2 is 2.08 bits per heavy atom. The van der Waals surface area contributed by atoms with E-state index < -0.39 is 5.63 Å². The molecule has 0 unspecified atom stereocenters. The molecule has 1 N–H and O–H groups in total.